The van der Waals surface area contributed by atoms with Gasteiger partial charge in [0.2, 0.25) is 0 Å². The van der Waals surface area contributed by atoms with Gasteiger partial charge in [-0.3, -0.25) is 14.3 Å². The largest absolute Gasteiger partial charge is 0.420 e. The molecule has 1 atom stereocenters. The Balaban J connectivity index is 2.36. The van der Waals surface area contributed by atoms with Crippen LogP contribution in [0.3, 0.4) is 0 Å². The number of nitrogens with two attached hydrogens (primary N) is 1. The zero-order chi connectivity index (χ0) is 22.0. The molecule has 0 saturated carbocycles. The van der Waals surface area contributed by atoms with Crippen LogP contribution in [0.1, 0.15) is 27.6 Å². The third-order valence-corrected chi connectivity index (χ3v) is 4.17. The Kier molecular flexibility index (Phi) is 6.26. The van der Waals surface area contributed by atoms with Gasteiger partial charge in [0.15, 0.2) is 5.60 Å². The molecule has 0 fully saturated rings. The fourth-order valence-corrected chi connectivity index (χ4v) is 2.58. The predicted octanol–water partition coefficient (Wildman–Crippen LogP) is 1.72. The number of aromatic nitrogens is 2. The van der Waals surface area contributed by atoms with E-state index in [0.717, 1.165) is 30.6 Å². The summed E-state index contributed by atoms with van der Waals surface area (Å²) in [6.45, 7) is -1.61. The number of primary amides is 1. The lowest BCUT2D eigenvalue weighted by atomic mass is 10.0. The summed E-state index contributed by atoms with van der Waals surface area (Å²) in [7, 11) is 0. The molecule has 0 aliphatic heterocycles. The minimum absolute atomic E-state index is 0.189. The van der Waals surface area contributed by atoms with Gasteiger partial charge < -0.3 is 15.7 Å². The number of nitrogens with zero attached hydrogens (tertiary/aromatic N) is 3. The van der Waals surface area contributed by atoms with Crippen LogP contribution < -0.4 is 5.73 Å². The molecule has 0 spiro atoms. The minimum atomic E-state index is -5.24. The highest BCUT2D eigenvalue weighted by molar-refractivity contribution is 5.95. The molecule has 0 aliphatic carbocycles. The van der Waals surface area contributed by atoms with Gasteiger partial charge in [-0.1, -0.05) is 6.07 Å². The van der Waals surface area contributed by atoms with E-state index in [2.05, 4.69) is 5.10 Å². The molecular formula is C17H17F5N4O3. The minimum Gasteiger partial charge on any atom is -0.378 e. The molecule has 29 heavy (non-hydrogen) atoms. The van der Waals surface area contributed by atoms with Gasteiger partial charge in [-0.2, -0.15) is 18.3 Å². The van der Waals surface area contributed by atoms with E-state index in [0.29, 0.717) is 9.58 Å². The second-order valence-corrected chi connectivity index (χ2v) is 6.24. The highest BCUT2D eigenvalue weighted by atomic mass is 19.4. The van der Waals surface area contributed by atoms with Crippen molar-refractivity contribution in [2.24, 2.45) is 5.73 Å². The molecule has 1 heterocycles. The van der Waals surface area contributed by atoms with Gasteiger partial charge in [0.05, 0.1) is 24.8 Å². The summed E-state index contributed by atoms with van der Waals surface area (Å²) in [4.78, 5) is 24.0. The number of hydrogen-bond acceptors (Lipinski definition) is 4. The van der Waals surface area contributed by atoms with Crippen molar-refractivity contribution in [3.05, 3.63) is 53.4 Å². The zero-order valence-electron chi connectivity index (χ0n) is 15.1. The molecular weight excluding hydrogens is 403 g/mol. The zero-order valence-corrected chi connectivity index (χ0v) is 15.1. The quantitative estimate of drug-likeness (QED) is 0.666. The van der Waals surface area contributed by atoms with Crippen molar-refractivity contribution < 1.29 is 36.6 Å². The molecule has 12 heteroatoms. The Morgan fingerprint density at radius 3 is 2.28 bits per heavy atom. The van der Waals surface area contributed by atoms with Crippen molar-refractivity contribution in [2.45, 2.75) is 25.2 Å². The molecule has 0 radical (unpaired) electrons. The number of hydrogen-bond donors (Lipinski definition) is 2. The third kappa shape index (κ3) is 4.70. The van der Waals surface area contributed by atoms with Crippen molar-refractivity contribution in [2.75, 3.05) is 13.1 Å². The first-order valence-electron chi connectivity index (χ1n) is 8.24. The average molecular weight is 420 g/mol. The van der Waals surface area contributed by atoms with Crippen LogP contribution in [0.5, 0.6) is 0 Å². The van der Waals surface area contributed by atoms with E-state index < -0.39 is 53.9 Å². The molecule has 2 amide bonds. The second-order valence-electron chi connectivity index (χ2n) is 6.24. The highest BCUT2D eigenvalue weighted by Crippen LogP contribution is 2.33. The number of amides is 2. The summed E-state index contributed by atoms with van der Waals surface area (Å²) in [5, 5.41) is 13.8. The number of aliphatic hydroxyl groups is 1. The Bertz CT molecular complexity index is 894. The first kappa shape index (κ1) is 22.3. The maximum absolute atomic E-state index is 13.9. The van der Waals surface area contributed by atoms with Gasteiger partial charge in [-0.05, 0) is 19.1 Å². The lowest BCUT2D eigenvalue weighted by molar-refractivity contribution is -0.268. The van der Waals surface area contributed by atoms with Gasteiger partial charge in [-0.25, -0.2) is 8.78 Å². The maximum atomic E-state index is 13.9. The Morgan fingerprint density at radius 1 is 1.24 bits per heavy atom. The van der Waals surface area contributed by atoms with Crippen LogP contribution in [-0.4, -0.2) is 56.5 Å². The normalized spacial score (nSPS) is 13.8. The number of rotatable bonds is 7. The first-order chi connectivity index (χ1) is 13.4. The van der Waals surface area contributed by atoms with Gasteiger partial charge in [0, 0.05) is 12.7 Å². The van der Waals surface area contributed by atoms with E-state index in [1.807, 2.05) is 0 Å². The van der Waals surface area contributed by atoms with Crippen molar-refractivity contribution in [3.63, 3.8) is 0 Å². The van der Waals surface area contributed by atoms with E-state index in [-0.39, 0.29) is 12.1 Å². The molecule has 1 aromatic carbocycles. The smallest absolute Gasteiger partial charge is 0.378 e. The number of benzene rings is 1. The lowest BCUT2D eigenvalue weighted by Gasteiger charge is -2.35. The number of likely N-dealkylation sites (N-methyl/N-ethyl adjacent to an activating group) is 1. The van der Waals surface area contributed by atoms with E-state index in [1.165, 1.54) is 6.92 Å². The SMILES string of the molecule is CCN(CC(O)(Cn1cc(C(N)=O)cn1)C(F)(F)F)C(=O)c1c(F)cccc1F. The van der Waals surface area contributed by atoms with Crippen LogP contribution in [0.25, 0.3) is 0 Å². The van der Waals surface area contributed by atoms with E-state index in [4.69, 9.17) is 5.73 Å². The Morgan fingerprint density at radius 2 is 1.83 bits per heavy atom. The average Bonchev–Trinajstić information content (AvgIpc) is 3.07. The van der Waals surface area contributed by atoms with Crippen molar-refractivity contribution in [3.8, 4) is 0 Å². The summed E-state index contributed by atoms with van der Waals surface area (Å²) in [5.74, 6) is -4.79. The summed E-state index contributed by atoms with van der Waals surface area (Å²) in [6.07, 6.45) is -3.43. The molecule has 1 aromatic heterocycles. The van der Waals surface area contributed by atoms with Crippen molar-refractivity contribution in [1.29, 1.82) is 0 Å². The van der Waals surface area contributed by atoms with Gasteiger partial charge in [0.25, 0.3) is 11.8 Å². The fraction of sp³-hybridized carbons (Fsp3) is 0.353. The fourth-order valence-electron chi connectivity index (χ4n) is 2.58. The Hall–Kier alpha value is -3.02. The van der Waals surface area contributed by atoms with Crippen molar-refractivity contribution >= 4 is 11.8 Å². The van der Waals surface area contributed by atoms with Gasteiger partial charge >= 0.3 is 6.18 Å². The third-order valence-electron chi connectivity index (χ3n) is 4.17. The topological polar surface area (TPSA) is 101 Å². The molecule has 2 rings (SSSR count). The number of carbonyl (C=O) groups is 2. The summed E-state index contributed by atoms with van der Waals surface area (Å²) in [6, 6.07) is 2.57. The van der Waals surface area contributed by atoms with Gasteiger partial charge in [-0.15, -0.1) is 0 Å². The van der Waals surface area contributed by atoms with Crippen LogP contribution in [0.4, 0.5) is 22.0 Å². The standard InChI is InChI=1S/C17H17F5N4O3/c1-2-25(15(28)13-11(18)4-3-5-12(13)19)8-16(29,17(20,21)22)9-26-7-10(6-24-26)14(23)27/h3-7,29H,2,8-9H2,1H3,(H2,23,27). The molecule has 7 nitrogen and oxygen atoms in total. The Labute approximate surface area is 161 Å². The monoisotopic (exact) mass is 420 g/mol. The molecule has 0 aliphatic rings. The highest BCUT2D eigenvalue weighted by Gasteiger charge is 2.55. The number of alkyl halides is 3. The van der Waals surface area contributed by atoms with Crippen LogP contribution in [-0.2, 0) is 6.54 Å². The second kappa shape index (κ2) is 8.15. The van der Waals surface area contributed by atoms with Crippen LogP contribution in [0, 0.1) is 11.6 Å². The summed E-state index contributed by atoms with van der Waals surface area (Å²) >= 11 is 0. The van der Waals surface area contributed by atoms with Gasteiger partial charge in [0.1, 0.15) is 17.2 Å². The van der Waals surface area contributed by atoms with Crippen LogP contribution in [0.2, 0.25) is 0 Å². The lowest BCUT2D eigenvalue weighted by Crippen LogP contribution is -2.57. The van der Waals surface area contributed by atoms with Crippen LogP contribution >= 0.6 is 0 Å². The summed E-state index contributed by atoms with van der Waals surface area (Å²) in [5.41, 5.74) is 0.262. The molecule has 2 aromatic rings. The number of halogens is 5. The van der Waals surface area contributed by atoms with Crippen molar-refractivity contribution in [1.82, 2.24) is 14.7 Å². The van der Waals surface area contributed by atoms with Crippen LogP contribution in [0.15, 0.2) is 30.6 Å². The molecule has 0 saturated heterocycles. The van der Waals surface area contributed by atoms with E-state index in [9.17, 15) is 36.6 Å². The predicted molar refractivity (Wildman–Crippen MR) is 89.7 cm³/mol. The molecule has 3 N–H and O–H groups in total. The van der Waals surface area contributed by atoms with E-state index in [1.54, 1.807) is 0 Å². The van der Waals surface area contributed by atoms with E-state index >= 15 is 0 Å². The molecule has 1 unspecified atom stereocenters. The molecule has 158 valence electrons. The number of carbonyl (C=O) groups excluding carboxylic acids is 2. The summed E-state index contributed by atoms with van der Waals surface area (Å²) < 4.78 is 69.2. The molecule has 0 bridgehead atoms. The maximum Gasteiger partial charge on any atom is 0.420 e. The first-order valence-corrected chi connectivity index (χ1v) is 8.24.